The van der Waals surface area contributed by atoms with Crippen LogP contribution >= 0.6 is 24.8 Å². The van der Waals surface area contributed by atoms with E-state index in [2.05, 4.69) is 10.3 Å². The third kappa shape index (κ3) is 4.72. The van der Waals surface area contributed by atoms with E-state index in [9.17, 15) is 18.0 Å². The Hall–Kier alpha value is -1.05. The summed E-state index contributed by atoms with van der Waals surface area (Å²) in [6, 6.07) is 1.92. The number of carbonyl (C=O) groups excluding carboxylic acids is 1. The van der Waals surface area contributed by atoms with Crippen molar-refractivity contribution in [2.75, 3.05) is 6.54 Å². The summed E-state index contributed by atoms with van der Waals surface area (Å²) in [7, 11) is 0. The van der Waals surface area contributed by atoms with Gasteiger partial charge >= 0.3 is 6.18 Å². The van der Waals surface area contributed by atoms with Gasteiger partial charge in [0.1, 0.15) is 5.69 Å². The molecule has 1 unspecified atom stereocenters. The highest BCUT2D eigenvalue weighted by Crippen LogP contribution is 2.39. The molecule has 0 aromatic carbocycles. The quantitative estimate of drug-likeness (QED) is 0.868. The monoisotopic (exact) mass is 359 g/mol. The smallest absolute Gasteiger partial charge is 0.344 e. The van der Waals surface area contributed by atoms with Crippen LogP contribution in [0.25, 0.3) is 0 Å². The number of halogens is 5. The Morgan fingerprint density at radius 2 is 1.95 bits per heavy atom. The van der Waals surface area contributed by atoms with E-state index in [4.69, 9.17) is 5.73 Å². The topological polar surface area (TPSA) is 68.0 Å². The number of nitrogens with one attached hydrogen (secondary N) is 1. The van der Waals surface area contributed by atoms with Gasteiger partial charge in [0.05, 0.1) is 11.1 Å². The van der Waals surface area contributed by atoms with Gasteiger partial charge in [-0.1, -0.05) is 0 Å². The van der Waals surface area contributed by atoms with Gasteiger partial charge in [0.25, 0.3) is 5.91 Å². The lowest BCUT2D eigenvalue weighted by Crippen LogP contribution is -2.53. The molecule has 3 N–H and O–H groups in total. The molecule has 126 valence electrons. The number of pyridine rings is 1. The summed E-state index contributed by atoms with van der Waals surface area (Å²) in [5, 5.41) is 2.77. The Balaban J connectivity index is 0.00000220. The Kier molecular flexibility index (Phi) is 7.12. The molecule has 1 aromatic heterocycles. The zero-order valence-corrected chi connectivity index (χ0v) is 13.4. The Labute approximate surface area is 138 Å². The molecule has 0 aliphatic heterocycles. The summed E-state index contributed by atoms with van der Waals surface area (Å²) in [5.74, 6) is -0.176. The van der Waals surface area contributed by atoms with E-state index < -0.39 is 23.2 Å². The van der Waals surface area contributed by atoms with Crippen molar-refractivity contribution in [3.63, 3.8) is 0 Å². The van der Waals surface area contributed by atoms with Gasteiger partial charge in [-0.15, -0.1) is 24.8 Å². The van der Waals surface area contributed by atoms with Gasteiger partial charge in [-0.05, 0) is 37.8 Å². The average molecular weight is 360 g/mol. The fourth-order valence-corrected chi connectivity index (χ4v) is 2.06. The second-order valence-corrected chi connectivity index (χ2v) is 5.28. The fourth-order valence-electron chi connectivity index (χ4n) is 2.06. The minimum atomic E-state index is -4.46. The maximum absolute atomic E-state index is 12.4. The van der Waals surface area contributed by atoms with E-state index in [-0.39, 0.29) is 37.1 Å². The van der Waals surface area contributed by atoms with Gasteiger partial charge in [-0.25, -0.2) is 0 Å². The van der Waals surface area contributed by atoms with Crippen LogP contribution in [0, 0.1) is 5.92 Å². The molecule has 4 nitrogen and oxygen atoms in total. The van der Waals surface area contributed by atoms with Crippen molar-refractivity contribution in [3.8, 4) is 0 Å². The highest BCUT2D eigenvalue weighted by atomic mass is 35.5. The molecule has 0 saturated heterocycles. The van der Waals surface area contributed by atoms with Crippen LogP contribution in [0.3, 0.4) is 0 Å². The molecule has 0 bridgehead atoms. The molecule has 1 amide bonds. The van der Waals surface area contributed by atoms with E-state index >= 15 is 0 Å². The maximum Gasteiger partial charge on any atom is 0.417 e. The van der Waals surface area contributed by atoms with Gasteiger partial charge in [0, 0.05) is 12.7 Å². The second kappa shape index (κ2) is 7.48. The van der Waals surface area contributed by atoms with Crippen molar-refractivity contribution in [3.05, 3.63) is 29.6 Å². The third-order valence-corrected chi connectivity index (χ3v) is 3.62. The molecular weight excluding hydrogens is 342 g/mol. The molecular formula is C13H18Cl2F3N3O. The van der Waals surface area contributed by atoms with E-state index in [0.717, 1.165) is 25.0 Å². The summed E-state index contributed by atoms with van der Waals surface area (Å²) in [6.45, 7) is 2.12. The molecule has 0 radical (unpaired) electrons. The first kappa shape index (κ1) is 20.9. The molecule has 0 spiro atoms. The number of hydrogen-bond acceptors (Lipinski definition) is 3. The van der Waals surface area contributed by atoms with E-state index in [1.807, 2.05) is 6.92 Å². The number of nitrogens with two attached hydrogens (primary N) is 1. The largest absolute Gasteiger partial charge is 0.417 e. The van der Waals surface area contributed by atoms with Crippen LogP contribution in [0.5, 0.6) is 0 Å². The highest BCUT2D eigenvalue weighted by Gasteiger charge is 2.41. The van der Waals surface area contributed by atoms with Gasteiger partial charge < -0.3 is 11.1 Å². The van der Waals surface area contributed by atoms with Crippen LogP contribution in [0.1, 0.15) is 35.8 Å². The van der Waals surface area contributed by atoms with Gasteiger partial charge in [-0.3, -0.25) is 9.78 Å². The summed E-state index contributed by atoms with van der Waals surface area (Å²) in [6.07, 6.45) is -1.81. The van der Waals surface area contributed by atoms with Crippen LogP contribution in [0.15, 0.2) is 18.3 Å². The third-order valence-electron chi connectivity index (χ3n) is 3.62. The molecule has 1 atom stereocenters. The number of amides is 1. The molecule has 1 heterocycles. The molecule has 1 saturated carbocycles. The predicted octanol–water partition coefficient (Wildman–Crippen LogP) is 2.80. The number of nitrogens with zero attached hydrogens (tertiary/aromatic N) is 1. The Morgan fingerprint density at radius 3 is 2.32 bits per heavy atom. The van der Waals surface area contributed by atoms with Crippen LogP contribution in [0.4, 0.5) is 13.2 Å². The van der Waals surface area contributed by atoms with Crippen molar-refractivity contribution in [1.29, 1.82) is 0 Å². The zero-order valence-electron chi connectivity index (χ0n) is 11.8. The van der Waals surface area contributed by atoms with Crippen LogP contribution < -0.4 is 11.1 Å². The summed E-state index contributed by atoms with van der Waals surface area (Å²) in [4.78, 5) is 15.6. The Bertz CT molecular complexity index is 506. The highest BCUT2D eigenvalue weighted by molar-refractivity contribution is 5.92. The molecule has 1 aliphatic rings. The first-order valence-electron chi connectivity index (χ1n) is 6.32. The van der Waals surface area contributed by atoms with E-state index in [1.54, 1.807) is 0 Å². The van der Waals surface area contributed by atoms with Gasteiger partial charge in [-0.2, -0.15) is 13.2 Å². The Morgan fingerprint density at radius 1 is 1.36 bits per heavy atom. The van der Waals surface area contributed by atoms with Crippen LogP contribution in [-0.4, -0.2) is 23.0 Å². The summed E-state index contributed by atoms with van der Waals surface area (Å²) < 4.78 is 37.2. The molecule has 2 rings (SSSR count). The summed E-state index contributed by atoms with van der Waals surface area (Å²) in [5.41, 5.74) is 4.23. The lowest BCUT2D eigenvalue weighted by Gasteiger charge is -2.29. The molecule has 1 aromatic rings. The normalized spacial score (nSPS) is 16.8. The number of hydrogen-bond donors (Lipinski definition) is 2. The molecule has 22 heavy (non-hydrogen) atoms. The zero-order chi connectivity index (χ0) is 15.0. The first-order valence-corrected chi connectivity index (χ1v) is 6.32. The number of aromatic nitrogens is 1. The number of alkyl halides is 3. The first-order chi connectivity index (χ1) is 9.26. The standard InChI is InChI=1S/C13H16F3N3O.2ClH/c1-12(7-17,8-2-3-8)19-11(20)10-5-4-9(6-18-10)13(14,15)16;;/h4-6,8H,2-3,7,17H2,1H3,(H,19,20);2*1H. The van der Waals surface area contributed by atoms with E-state index in [1.165, 1.54) is 0 Å². The van der Waals surface area contributed by atoms with Crippen molar-refractivity contribution < 1.29 is 18.0 Å². The molecule has 1 fully saturated rings. The number of carbonyl (C=O) groups is 1. The van der Waals surface area contributed by atoms with Crippen molar-refractivity contribution in [2.24, 2.45) is 11.7 Å². The van der Waals surface area contributed by atoms with Crippen LogP contribution in [0.2, 0.25) is 0 Å². The maximum atomic E-state index is 12.4. The fraction of sp³-hybridized carbons (Fsp3) is 0.538. The lowest BCUT2D eigenvalue weighted by atomic mass is 9.96. The van der Waals surface area contributed by atoms with Gasteiger partial charge in [0.2, 0.25) is 0 Å². The van der Waals surface area contributed by atoms with Crippen molar-refractivity contribution >= 4 is 30.7 Å². The average Bonchev–Trinajstić information content (AvgIpc) is 3.22. The second-order valence-electron chi connectivity index (χ2n) is 5.28. The van der Waals surface area contributed by atoms with Crippen molar-refractivity contribution in [1.82, 2.24) is 10.3 Å². The predicted molar refractivity (Wildman–Crippen MR) is 81.4 cm³/mol. The van der Waals surface area contributed by atoms with Crippen LogP contribution in [-0.2, 0) is 6.18 Å². The molecule has 1 aliphatic carbocycles. The van der Waals surface area contributed by atoms with Crippen molar-refractivity contribution in [2.45, 2.75) is 31.5 Å². The SMILES string of the molecule is CC(CN)(NC(=O)c1ccc(C(F)(F)F)cn1)C1CC1.Cl.Cl. The minimum Gasteiger partial charge on any atom is -0.344 e. The molecule has 9 heteroatoms. The lowest BCUT2D eigenvalue weighted by molar-refractivity contribution is -0.137. The number of rotatable bonds is 4. The minimum absolute atomic E-state index is 0. The summed E-state index contributed by atoms with van der Waals surface area (Å²) >= 11 is 0. The van der Waals surface area contributed by atoms with Gasteiger partial charge in [0.15, 0.2) is 0 Å². The van der Waals surface area contributed by atoms with E-state index in [0.29, 0.717) is 12.1 Å².